The number of piperazine rings is 1. The fourth-order valence-corrected chi connectivity index (χ4v) is 2.00. The molecule has 0 radical (unpaired) electrons. The Morgan fingerprint density at radius 1 is 1.21 bits per heavy atom. The fraction of sp³-hybridized carbons (Fsp3) is 0.500. The molecule has 1 aliphatic rings. The average Bonchev–Trinajstić information content (AvgIpc) is 2.46. The Kier molecular flexibility index (Phi) is 4.40. The van der Waals surface area contributed by atoms with E-state index in [1.54, 1.807) is 4.90 Å². The van der Waals surface area contributed by atoms with Crippen LogP contribution in [0.3, 0.4) is 0 Å². The summed E-state index contributed by atoms with van der Waals surface area (Å²) >= 11 is 0. The quantitative estimate of drug-likeness (QED) is 0.804. The highest BCUT2D eigenvalue weighted by Gasteiger charge is 2.22. The van der Waals surface area contributed by atoms with Crippen LogP contribution in [0.1, 0.15) is 16.9 Å². The Bertz CT molecular complexity index is 444. The number of hydrogen-bond donors (Lipinski definition) is 1. The van der Waals surface area contributed by atoms with Gasteiger partial charge in [-0.3, -0.25) is 19.5 Å². The van der Waals surface area contributed by atoms with Crippen LogP contribution in [0.5, 0.6) is 0 Å². The molecule has 1 aromatic rings. The van der Waals surface area contributed by atoms with Gasteiger partial charge in [0, 0.05) is 45.1 Å². The summed E-state index contributed by atoms with van der Waals surface area (Å²) in [4.78, 5) is 34.2. The van der Waals surface area contributed by atoms with Gasteiger partial charge in [-0.2, -0.15) is 0 Å². The van der Waals surface area contributed by atoms with Crippen LogP contribution in [0.2, 0.25) is 0 Å². The summed E-state index contributed by atoms with van der Waals surface area (Å²) in [6.45, 7) is 3.10. The van der Waals surface area contributed by atoms with E-state index in [0.717, 1.165) is 0 Å². The Morgan fingerprint density at radius 2 is 1.95 bits per heavy atom. The molecule has 0 unspecified atom stereocenters. The summed E-state index contributed by atoms with van der Waals surface area (Å²) in [7, 11) is 0. The largest absolute Gasteiger partial charge is 0.481 e. The number of nitrogens with zero attached hydrogens (tertiary/aromatic N) is 4. The molecule has 7 heteroatoms. The summed E-state index contributed by atoms with van der Waals surface area (Å²) in [6, 6.07) is 0. The van der Waals surface area contributed by atoms with Crippen molar-refractivity contribution in [1.82, 2.24) is 19.8 Å². The molecule has 1 N–H and O–H groups in total. The number of hydrogen-bond acceptors (Lipinski definition) is 5. The van der Waals surface area contributed by atoms with E-state index in [1.165, 1.54) is 18.6 Å². The molecule has 19 heavy (non-hydrogen) atoms. The molecular formula is C12H16N4O3. The molecule has 2 heterocycles. The third-order valence-electron chi connectivity index (χ3n) is 3.08. The predicted octanol–water partition coefficient (Wildman–Crippen LogP) is -0.291. The number of rotatable bonds is 4. The maximum Gasteiger partial charge on any atom is 0.304 e. The molecule has 2 rings (SSSR count). The Labute approximate surface area is 110 Å². The zero-order valence-electron chi connectivity index (χ0n) is 10.5. The van der Waals surface area contributed by atoms with Gasteiger partial charge in [-0.1, -0.05) is 0 Å². The molecule has 0 aliphatic carbocycles. The van der Waals surface area contributed by atoms with Crippen molar-refractivity contribution in [3.8, 4) is 0 Å². The van der Waals surface area contributed by atoms with Crippen LogP contribution in [-0.4, -0.2) is 69.5 Å². The SMILES string of the molecule is O=C(O)CCN1CCN(C(=O)c2cnccn2)CC1. The lowest BCUT2D eigenvalue weighted by molar-refractivity contribution is -0.137. The minimum atomic E-state index is -0.793. The zero-order valence-corrected chi connectivity index (χ0v) is 10.5. The van der Waals surface area contributed by atoms with Gasteiger partial charge in [0.15, 0.2) is 0 Å². The third-order valence-corrected chi connectivity index (χ3v) is 3.08. The van der Waals surface area contributed by atoms with Crippen LogP contribution in [0.4, 0.5) is 0 Å². The van der Waals surface area contributed by atoms with Crippen molar-refractivity contribution in [2.75, 3.05) is 32.7 Å². The van der Waals surface area contributed by atoms with Crippen molar-refractivity contribution in [3.63, 3.8) is 0 Å². The van der Waals surface area contributed by atoms with Crippen molar-refractivity contribution < 1.29 is 14.7 Å². The van der Waals surface area contributed by atoms with Crippen LogP contribution >= 0.6 is 0 Å². The number of carboxylic acids is 1. The molecule has 1 amide bonds. The minimum absolute atomic E-state index is 0.119. The number of carboxylic acid groups (broad SMARTS) is 1. The second kappa shape index (κ2) is 6.24. The molecule has 0 saturated carbocycles. The van der Waals surface area contributed by atoms with Crippen molar-refractivity contribution in [3.05, 3.63) is 24.3 Å². The van der Waals surface area contributed by atoms with Gasteiger partial charge < -0.3 is 10.0 Å². The predicted molar refractivity (Wildman–Crippen MR) is 66.6 cm³/mol. The van der Waals surface area contributed by atoms with Gasteiger partial charge in [0.2, 0.25) is 0 Å². The fourth-order valence-electron chi connectivity index (χ4n) is 2.00. The van der Waals surface area contributed by atoms with E-state index < -0.39 is 5.97 Å². The van der Waals surface area contributed by atoms with E-state index >= 15 is 0 Å². The highest BCUT2D eigenvalue weighted by Crippen LogP contribution is 2.06. The summed E-state index contributed by atoms with van der Waals surface area (Å²) in [6.07, 6.45) is 4.62. The van der Waals surface area contributed by atoms with E-state index in [2.05, 4.69) is 14.9 Å². The van der Waals surface area contributed by atoms with Crippen molar-refractivity contribution in [2.24, 2.45) is 0 Å². The first-order valence-electron chi connectivity index (χ1n) is 6.16. The zero-order chi connectivity index (χ0) is 13.7. The van der Waals surface area contributed by atoms with Crippen LogP contribution in [0.25, 0.3) is 0 Å². The van der Waals surface area contributed by atoms with Gasteiger partial charge in [-0.25, -0.2) is 4.98 Å². The molecule has 7 nitrogen and oxygen atoms in total. The summed E-state index contributed by atoms with van der Waals surface area (Å²) < 4.78 is 0. The standard InChI is InChI=1S/C12H16N4O3/c17-11(18)1-4-15-5-7-16(8-6-15)12(19)10-9-13-2-3-14-10/h2-3,9H,1,4-8H2,(H,17,18). The third kappa shape index (κ3) is 3.72. The lowest BCUT2D eigenvalue weighted by atomic mass is 10.2. The van der Waals surface area contributed by atoms with E-state index in [1.807, 2.05) is 0 Å². The van der Waals surface area contributed by atoms with Crippen LogP contribution in [0.15, 0.2) is 18.6 Å². The number of amides is 1. The highest BCUT2D eigenvalue weighted by atomic mass is 16.4. The van der Waals surface area contributed by atoms with E-state index in [-0.39, 0.29) is 12.3 Å². The van der Waals surface area contributed by atoms with Crippen LogP contribution in [-0.2, 0) is 4.79 Å². The normalized spacial score (nSPS) is 16.3. The summed E-state index contributed by atoms with van der Waals surface area (Å²) in [5.41, 5.74) is 0.349. The molecule has 0 bridgehead atoms. The molecule has 1 aliphatic heterocycles. The Hall–Kier alpha value is -2.02. The smallest absolute Gasteiger partial charge is 0.304 e. The first-order chi connectivity index (χ1) is 9.16. The van der Waals surface area contributed by atoms with Crippen molar-refractivity contribution in [1.29, 1.82) is 0 Å². The molecule has 0 spiro atoms. The second-order valence-electron chi connectivity index (χ2n) is 4.37. The first-order valence-corrected chi connectivity index (χ1v) is 6.16. The van der Waals surface area contributed by atoms with Crippen molar-refractivity contribution >= 4 is 11.9 Å². The lowest BCUT2D eigenvalue weighted by Crippen LogP contribution is -2.49. The lowest BCUT2D eigenvalue weighted by Gasteiger charge is -2.34. The molecule has 1 aromatic heterocycles. The number of carbonyl (C=O) groups is 2. The van der Waals surface area contributed by atoms with Gasteiger partial charge in [-0.15, -0.1) is 0 Å². The second-order valence-corrected chi connectivity index (χ2v) is 4.37. The maximum absolute atomic E-state index is 12.1. The number of aromatic nitrogens is 2. The van der Waals surface area contributed by atoms with E-state index in [4.69, 9.17) is 5.11 Å². The number of aliphatic carboxylic acids is 1. The molecule has 1 fully saturated rings. The maximum atomic E-state index is 12.1. The Balaban J connectivity index is 1.83. The molecule has 0 aromatic carbocycles. The Morgan fingerprint density at radius 3 is 2.53 bits per heavy atom. The average molecular weight is 264 g/mol. The van der Waals surface area contributed by atoms with Gasteiger partial charge >= 0.3 is 5.97 Å². The molecule has 1 saturated heterocycles. The minimum Gasteiger partial charge on any atom is -0.481 e. The summed E-state index contributed by atoms with van der Waals surface area (Å²) in [5, 5.41) is 8.63. The van der Waals surface area contributed by atoms with Gasteiger partial charge in [-0.05, 0) is 0 Å². The monoisotopic (exact) mass is 264 g/mol. The van der Waals surface area contributed by atoms with Gasteiger partial charge in [0.25, 0.3) is 5.91 Å². The van der Waals surface area contributed by atoms with Crippen molar-refractivity contribution in [2.45, 2.75) is 6.42 Å². The van der Waals surface area contributed by atoms with Crippen LogP contribution in [0, 0.1) is 0 Å². The highest BCUT2D eigenvalue weighted by molar-refractivity contribution is 5.92. The molecular weight excluding hydrogens is 248 g/mol. The van der Waals surface area contributed by atoms with Gasteiger partial charge in [0.05, 0.1) is 12.6 Å². The van der Waals surface area contributed by atoms with Crippen LogP contribution < -0.4 is 0 Å². The molecule has 102 valence electrons. The van der Waals surface area contributed by atoms with Gasteiger partial charge in [0.1, 0.15) is 5.69 Å². The molecule has 0 atom stereocenters. The first kappa shape index (κ1) is 13.4. The van der Waals surface area contributed by atoms with E-state index in [9.17, 15) is 9.59 Å². The number of carbonyl (C=O) groups excluding carboxylic acids is 1. The topological polar surface area (TPSA) is 86.6 Å². The van der Waals surface area contributed by atoms with E-state index in [0.29, 0.717) is 38.4 Å². The summed E-state index contributed by atoms with van der Waals surface area (Å²) in [5.74, 6) is -0.913.